The average molecular weight is 202 g/mol. The van der Waals surface area contributed by atoms with Crippen molar-refractivity contribution in [2.75, 3.05) is 0 Å². The van der Waals surface area contributed by atoms with Gasteiger partial charge in [0.25, 0.3) is 0 Å². The van der Waals surface area contributed by atoms with Gasteiger partial charge in [0.05, 0.1) is 15.6 Å². The molecule has 0 saturated carbocycles. The Labute approximate surface area is 78.7 Å². The predicted molar refractivity (Wildman–Crippen MR) is 50.0 cm³/mol. The van der Waals surface area contributed by atoms with Gasteiger partial charge in [-0.15, -0.1) is 0 Å². The normalized spacial score (nSPS) is 10.8. The number of hydrogen-bond donors (Lipinski definition) is 2. The Hall–Kier alpha value is -0.860. The van der Waals surface area contributed by atoms with E-state index in [9.17, 15) is 5.11 Å². The third-order valence-corrected chi connectivity index (χ3v) is 2.42. The molecule has 0 spiro atoms. The van der Waals surface area contributed by atoms with Crippen LogP contribution in [0.2, 0.25) is 10.0 Å². The molecule has 1 aromatic carbocycles. The van der Waals surface area contributed by atoms with Crippen molar-refractivity contribution >= 4 is 34.1 Å². The van der Waals surface area contributed by atoms with E-state index in [4.69, 9.17) is 23.2 Å². The summed E-state index contributed by atoms with van der Waals surface area (Å²) in [6.45, 7) is 0. The van der Waals surface area contributed by atoms with Crippen molar-refractivity contribution in [3.8, 4) is 5.75 Å². The lowest BCUT2D eigenvalue weighted by Gasteiger charge is -1.95. The first-order valence-electron chi connectivity index (χ1n) is 3.33. The summed E-state index contributed by atoms with van der Waals surface area (Å²) in [4.78, 5) is 2.86. The number of H-pyrrole nitrogens is 1. The monoisotopic (exact) mass is 201 g/mol. The van der Waals surface area contributed by atoms with Crippen LogP contribution < -0.4 is 0 Å². The van der Waals surface area contributed by atoms with E-state index in [1.165, 1.54) is 6.20 Å². The van der Waals surface area contributed by atoms with E-state index < -0.39 is 0 Å². The molecule has 0 saturated heterocycles. The molecule has 1 heterocycles. The molecule has 0 bridgehead atoms. The van der Waals surface area contributed by atoms with Gasteiger partial charge in [-0.1, -0.05) is 23.2 Å². The number of nitrogens with one attached hydrogen (secondary N) is 1. The molecule has 2 nitrogen and oxygen atoms in total. The zero-order valence-electron chi connectivity index (χ0n) is 5.94. The lowest BCUT2D eigenvalue weighted by molar-refractivity contribution is 0.481. The van der Waals surface area contributed by atoms with Crippen LogP contribution in [0.25, 0.3) is 10.9 Å². The predicted octanol–water partition coefficient (Wildman–Crippen LogP) is 3.18. The van der Waals surface area contributed by atoms with Crippen LogP contribution in [0.3, 0.4) is 0 Å². The lowest BCUT2D eigenvalue weighted by atomic mass is 10.2. The van der Waals surface area contributed by atoms with Gasteiger partial charge < -0.3 is 10.1 Å². The van der Waals surface area contributed by atoms with Gasteiger partial charge in [0.1, 0.15) is 5.75 Å². The highest BCUT2D eigenvalue weighted by Gasteiger charge is 2.05. The Bertz CT molecular complexity index is 436. The summed E-state index contributed by atoms with van der Waals surface area (Å²) in [5.41, 5.74) is 0.780. The molecule has 2 aromatic rings. The van der Waals surface area contributed by atoms with Gasteiger partial charge in [0, 0.05) is 11.6 Å². The maximum atomic E-state index is 9.29. The molecule has 62 valence electrons. The number of rotatable bonds is 0. The van der Waals surface area contributed by atoms with Gasteiger partial charge in [0.15, 0.2) is 0 Å². The van der Waals surface area contributed by atoms with Crippen LogP contribution in [0.4, 0.5) is 0 Å². The van der Waals surface area contributed by atoms with Crippen molar-refractivity contribution in [3.63, 3.8) is 0 Å². The smallest absolute Gasteiger partial charge is 0.140 e. The minimum Gasteiger partial charge on any atom is -0.506 e. The van der Waals surface area contributed by atoms with E-state index in [2.05, 4.69) is 4.98 Å². The largest absolute Gasteiger partial charge is 0.506 e. The maximum absolute atomic E-state index is 9.29. The molecule has 0 aliphatic heterocycles. The van der Waals surface area contributed by atoms with Crippen molar-refractivity contribution in [3.05, 3.63) is 28.4 Å². The van der Waals surface area contributed by atoms with Crippen molar-refractivity contribution in [1.82, 2.24) is 4.98 Å². The third kappa shape index (κ3) is 1.04. The Balaban J connectivity index is 2.87. The van der Waals surface area contributed by atoms with Crippen molar-refractivity contribution in [2.24, 2.45) is 0 Å². The fraction of sp³-hybridized carbons (Fsp3) is 0. The van der Waals surface area contributed by atoms with Gasteiger partial charge in [-0.05, 0) is 12.1 Å². The highest BCUT2D eigenvalue weighted by atomic mass is 35.5. The van der Waals surface area contributed by atoms with Gasteiger partial charge in [0.2, 0.25) is 0 Å². The second kappa shape index (κ2) is 2.57. The molecule has 0 aliphatic rings. The zero-order valence-corrected chi connectivity index (χ0v) is 7.45. The Morgan fingerprint density at radius 2 is 1.83 bits per heavy atom. The molecular weight excluding hydrogens is 197 g/mol. The van der Waals surface area contributed by atoms with E-state index in [1.807, 2.05) is 0 Å². The molecule has 1 aromatic heterocycles. The summed E-state index contributed by atoms with van der Waals surface area (Å²) in [7, 11) is 0. The molecule has 4 heteroatoms. The quantitative estimate of drug-likeness (QED) is 0.676. The molecule has 12 heavy (non-hydrogen) atoms. The Kier molecular flexibility index (Phi) is 1.67. The molecule has 2 rings (SSSR count). The van der Waals surface area contributed by atoms with Crippen LogP contribution in [0, 0.1) is 0 Å². The first-order chi connectivity index (χ1) is 5.68. The van der Waals surface area contributed by atoms with Crippen molar-refractivity contribution < 1.29 is 5.11 Å². The lowest BCUT2D eigenvalue weighted by Crippen LogP contribution is -1.70. The molecule has 0 aliphatic carbocycles. The molecule has 0 radical (unpaired) electrons. The average Bonchev–Trinajstić information content (AvgIpc) is 2.35. The SMILES string of the molecule is Oc1c[nH]c2cc(Cl)c(Cl)cc12. The second-order valence-electron chi connectivity index (χ2n) is 2.49. The van der Waals surface area contributed by atoms with Gasteiger partial charge >= 0.3 is 0 Å². The topological polar surface area (TPSA) is 36.0 Å². The summed E-state index contributed by atoms with van der Waals surface area (Å²) in [6, 6.07) is 3.31. The second-order valence-corrected chi connectivity index (χ2v) is 3.30. The fourth-order valence-corrected chi connectivity index (χ4v) is 1.43. The highest BCUT2D eigenvalue weighted by molar-refractivity contribution is 6.42. The fourth-order valence-electron chi connectivity index (χ4n) is 1.10. The Morgan fingerprint density at radius 1 is 1.17 bits per heavy atom. The van der Waals surface area contributed by atoms with Crippen molar-refractivity contribution in [1.29, 1.82) is 0 Å². The number of benzene rings is 1. The summed E-state index contributed by atoms with van der Waals surface area (Å²) >= 11 is 11.5. The number of aromatic nitrogens is 1. The van der Waals surface area contributed by atoms with Crippen molar-refractivity contribution in [2.45, 2.75) is 0 Å². The number of fused-ring (bicyclic) bond motifs is 1. The van der Waals surface area contributed by atoms with Crippen LogP contribution in [0.5, 0.6) is 5.75 Å². The van der Waals surface area contributed by atoms with E-state index in [-0.39, 0.29) is 5.75 Å². The molecular formula is C8H5Cl2NO. The first-order valence-corrected chi connectivity index (χ1v) is 4.09. The van der Waals surface area contributed by atoms with E-state index in [1.54, 1.807) is 12.1 Å². The maximum Gasteiger partial charge on any atom is 0.140 e. The van der Waals surface area contributed by atoms with Gasteiger partial charge in [-0.3, -0.25) is 0 Å². The summed E-state index contributed by atoms with van der Waals surface area (Å²) in [5, 5.41) is 10.9. The number of aromatic amines is 1. The first kappa shape index (κ1) is 7.77. The molecule has 0 unspecified atom stereocenters. The standard InChI is InChI=1S/C8H5Cl2NO/c9-5-1-4-7(2-6(5)10)11-3-8(4)12/h1-3,11-12H. The van der Waals surface area contributed by atoms with Crippen LogP contribution in [0.1, 0.15) is 0 Å². The minimum absolute atomic E-state index is 0.184. The van der Waals surface area contributed by atoms with Crippen LogP contribution in [-0.2, 0) is 0 Å². The van der Waals surface area contributed by atoms with Crippen LogP contribution >= 0.6 is 23.2 Å². The molecule has 2 N–H and O–H groups in total. The number of aromatic hydroxyl groups is 1. The van der Waals surface area contributed by atoms with E-state index >= 15 is 0 Å². The molecule has 0 fully saturated rings. The van der Waals surface area contributed by atoms with E-state index in [0.29, 0.717) is 15.4 Å². The highest BCUT2D eigenvalue weighted by Crippen LogP contribution is 2.31. The number of hydrogen-bond acceptors (Lipinski definition) is 1. The summed E-state index contributed by atoms with van der Waals surface area (Å²) in [5.74, 6) is 0.184. The van der Waals surface area contributed by atoms with Crippen LogP contribution in [-0.4, -0.2) is 10.1 Å². The summed E-state index contributed by atoms with van der Waals surface area (Å²) in [6.07, 6.45) is 1.50. The zero-order chi connectivity index (χ0) is 8.72. The third-order valence-electron chi connectivity index (χ3n) is 1.70. The van der Waals surface area contributed by atoms with Gasteiger partial charge in [-0.2, -0.15) is 0 Å². The molecule has 0 atom stereocenters. The molecule has 0 amide bonds. The van der Waals surface area contributed by atoms with Gasteiger partial charge in [-0.25, -0.2) is 0 Å². The van der Waals surface area contributed by atoms with E-state index in [0.717, 1.165) is 5.52 Å². The van der Waals surface area contributed by atoms with Crippen LogP contribution in [0.15, 0.2) is 18.3 Å². The Morgan fingerprint density at radius 3 is 2.58 bits per heavy atom. The number of halogens is 2. The summed E-state index contributed by atoms with van der Waals surface area (Å²) < 4.78 is 0. The minimum atomic E-state index is 0.184.